The molecular weight excluding hydrogens is 619 g/mol. The van der Waals surface area contributed by atoms with Crippen LogP contribution in [-0.4, -0.2) is 57.9 Å². The van der Waals surface area contributed by atoms with E-state index in [9.17, 15) is 13.2 Å². The van der Waals surface area contributed by atoms with E-state index in [1.54, 1.807) is 19.1 Å². The largest absolute Gasteiger partial charge is 0.490 e. The van der Waals surface area contributed by atoms with Crippen molar-refractivity contribution in [2.24, 2.45) is 17.8 Å². The zero-order valence-corrected chi connectivity index (χ0v) is 27.8. The zero-order chi connectivity index (χ0) is 31.1. The highest BCUT2D eigenvalue weighted by atomic mass is 35.5. The second-order valence-corrected chi connectivity index (χ2v) is 16.0. The van der Waals surface area contributed by atoms with Crippen LogP contribution in [0.1, 0.15) is 67.4 Å². The van der Waals surface area contributed by atoms with E-state index in [0.717, 1.165) is 55.9 Å². The summed E-state index contributed by atoms with van der Waals surface area (Å²) in [6.45, 7) is 6.02. The molecule has 1 amide bonds. The number of fused-ring (bicyclic) bond motifs is 4. The number of carbonyl (C=O) groups is 1. The van der Waals surface area contributed by atoms with E-state index in [1.165, 1.54) is 11.1 Å². The van der Waals surface area contributed by atoms with Crippen molar-refractivity contribution in [2.45, 2.75) is 69.1 Å². The average Bonchev–Trinajstić information content (AvgIpc) is 3.13. The normalized spacial score (nSPS) is 32.3. The Labute approximate surface area is 271 Å². The van der Waals surface area contributed by atoms with Crippen LogP contribution in [0.3, 0.4) is 0 Å². The van der Waals surface area contributed by atoms with Crippen molar-refractivity contribution in [2.75, 3.05) is 37.1 Å². The van der Waals surface area contributed by atoms with Crippen molar-refractivity contribution < 1.29 is 22.7 Å². The standard InChI is InChI=1S/C34H42Cl2N2O5S/c1-22-5-3-7-31(42-16-15-35)28-11-8-26(28)19-38-20-34(14-4-6-24-17-27(36)10-12-29(24)34)21-43-32-13-9-25(18-30(32)38)33(39)37-44(40,41)23(22)2/h3,7,9-10,12-13,17-18,22-23,26,28,31H,4-6,8,11,14-16,19-21H2,1-2H3,(H,37,39)/b7-3-/t22-,23+,26-,28+,31-,34-/m0/s1. The maximum Gasteiger partial charge on any atom is 0.264 e. The van der Waals surface area contributed by atoms with Crippen molar-refractivity contribution in [3.63, 3.8) is 0 Å². The highest BCUT2D eigenvalue weighted by Crippen LogP contribution is 2.47. The van der Waals surface area contributed by atoms with Crippen LogP contribution in [0.4, 0.5) is 5.69 Å². The Bertz CT molecular complexity index is 1530. The van der Waals surface area contributed by atoms with Gasteiger partial charge in [-0.15, -0.1) is 11.6 Å². The number of hydrogen-bond donors (Lipinski definition) is 1. The summed E-state index contributed by atoms with van der Waals surface area (Å²) in [6.07, 6.45) is 9.73. The quantitative estimate of drug-likeness (QED) is 0.299. The number of hydrogen-bond acceptors (Lipinski definition) is 6. The molecule has 1 saturated carbocycles. The van der Waals surface area contributed by atoms with Gasteiger partial charge in [-0.25, -0.2) is 13.1 Å². The third-order valence-corrected chi connectivity index (χ3v) is 12.7. The van der Waals surface area contributed by atoms with Crippen LogP contribution in [0.2, 0.25) is 5.02 Å². The number of benzene rings is 2. The van der Waals surface area contributed by atoms with E-state index >= 15 is 0 Å². The van der Waals surface area contributed by atoms with Gasteiger partial charge in [-0.05, 0) is 105 Å². The number of nitrogens with one attached hydrogen (secondary N) is 1. The maximum absolute atomic E-state index is 13.4. The van der Waals surface area contributed by atoms with Gasteiger partial charge in [0.15, 0.2) is 0 Å². The first kappa shape index (κ1) is 31.7. The molecule has 0 radical (unpaired) electrons. The molecule has 238 valence electrons. The minimum atomic E-state index is -3.91. The Balaban J connectivity index is 1.42. The molecule has 2 aromatic carbocycles. The van der Waals surface area contributed by atoms with Crippen molar-refractivity contribution in [1.82, 2.24) is 4.72 Å². The fraction of sp³-hybridized carbons (Fsp3) is 0.559. The predicted octanol–water partition coefficient (Wildman–Crippen LogP) is 6.51. The Hall–Kier alpha value is -2.26. The molecule has 0 aromatic heterocycles. The second-order valence-electron chi connectivity index (χ2n) is 13.1. The van der Waals surface area contributed by atoms with Crippen molar-refractivity contribution in [3.8, 4) is 5.75 Å². The summed E-state index contributed by atoms with van der Waals surface area (Å²) in [5.41, 5.74) is 3.41. The summed E-state index contributed by atoms with van der Waals surface area (Å²) in [7, 11) is -3.91. The summed E-state index contributed by atoms with van der Waals surface area (Å²) in [4.78, 5) is 15.8. The summed E-state index contributed by atoms with van der Waals surface area (Å²) in [6, 6.07) is 11.5. The highest BCUT2D eigenvalue weighted by molar-refractivity contribution is 7.90. The van der Waals surface area contributed by atoms with Gasteiger partial charge in [0, 0.05) is 35.0 Å². The van der Waals surface area contributed by atoms with Crippen molar-refractivity contribution in [3.05, 3.63) is 70.3 Å². The molecule has 0 saturated heterocycles. The van der Waals surface area contributed by atoms with Crippen LogP contribution in [0.5, 0.6) is 5.75 Å². The summed E-state index contributed by atoms with van der Waals surface area (Å²) in [5, 5.41) is -0.0191. The molecule has 44 heavy (non-hydrogen) atoms. The van der Waals surface area contributed by atoms with Gasteiger partial charge in [-0.1, -0.05) is 36.7 Å². The molecule has 2 aliphatic heterocycles. The Morgan fingerprint density at radius 3 is 2.77 bits per heavy atom. The number of carbonyl (C=O) groups excluding carboxylic acids is 1. The molecule has 6 atom stereocenters. The summed E-state index contributed by atoms with van der Waals surface area (Å²) in [5.74, 6) is 0.984. The number of halogens is 2. The van der Waals surface area contributed by atoms with Gasteiger partial charge < -0.3 is 14.4 Å². The minimum Gasteiger partial charge on any atom is -0.490 e. The molecule has 10 heteroatoms. The third-order valence-electron chi connectivity index (χ3n) is 10.4. The third kappa shape index (κ3) is 6.24. The Kier molecular flexibility index (Phi) is 9.27. The molecule has 1 spiro atoms. The van der Waals surface area contributed by atoms with Crippen molar-refractivity contribution in [1.29, 1.82) is 0 Å². The first-order valence-electron chi connectivity index (χ1n) is 15.8. The molecule has 0 unspecified atom stereocenters. The molecule has 1 fully saturated rings. The van der Waals surface area contributed by atoms with Crippen LogP contribution >= 0.6 is 23.2 Å². The number of amides is 1. The lowest BCUT2D eigenvalue weighted by molar-refractivity contribution is -0.00785. The van der Waals surface area contributed by atoms with Gasteiger partial charge in [0.25, 0.3) is 5.91 Å². The fourth-order valence-corrected chi connectivity index (χ4v) is 9.07. The number of anilines is 1. The number of sulfonamides is 1. The molecule has 2 bridgehead atoms. The number of nitrogens with zero attached hydrogens (tertiary/aromatic N) is 1. The summed E-state index contributed by atoms with van der Waals surface area (Å²) < 4.78 is 41.8. The molecule has 1 N–H and O–H groups in total. The van der Waals surface area contributed by atoms with Crippen LogP contribution < -0.4 is 14.4 Å². The Morgan fingerprint density at radius 1 is 1.16 bits per heavy atom. The van der Waals surface area contributed by atoms with E-state index in [4.69, 9.17) is 32.7 Å². The highest BCUT2D eigenvalue weighted by Gasteiger charge is 2.44. The van der Waals surface area contributed by atoms with E-state index in [-0.39, 0.29) is 17.4 Å². The smallest absolute Gasteiger partial charge is 0.264 e. The Morgan fingerprint density at radius 2 is 2.00 bits per heavy atom. The van der Waals surface area contributed by atoms with Gasteiger partial charge in [0.1, 0.15) is 5.75 Å². The lowest BCUT2D eigenvalue weighted by atomic mass is 9.68. The molecule has 6 rings (SSSR count). The van der Waals surface area contributed by atoms with Gasteiger partial charge in [0.05, 0.1) is 30.3 Å². The molecule has 2 heterocycles. The number of allylic oxidation sites excluding steroid dienone is 1. The molecular formula is C34H42Cl2N2O5S. The van der Waals surface area contributed by atoms with Gasteiger partial charge in [-0.2, -0.15) is 0 Å². The predicted molar refractivity (Wildman–Crippen MR) is 176 cm³/mol. The van der Waals surface area contributed by atoms with Gasteiger partial charge in [-0.3, -0.25) is 4.79 Å². The van der Waals surface area contributed by atoms with Gasteiger partial charge >= 0.3 is 0 Å². The summed E-state index contributed by atoms with van der Waals surface area (Å²) >= 11 is 12.5. The van der Waals surface area contributed by atoms with Crippen LogP contribution in [0.25, 0.3) is 0 Å². The van der Waals surface area contributed by atoms with Crippen LogP contribution in [0.15, 0.2) is 48.6 Å². The number of ether oxygens (including phenoxy) is 2. The maximum atomic E-state index is 13.4. The lowest BCUT2D eigenvalue weighted by Crippen LogP contribution is -2.49. The number of alkyl halides is 1. The second kappa shape index (κ2) is 12.9. The average molecular weight is 662 g/mol. The van der Waals surface area contributed by atoms with E-state index < -0.39 is 21.2 Å². The fourth-order valence-electron chi connectivity index (χ4n) is 7.50. The van der Waals surface area contributed by atoms with Crippen LogP contribution in [0, 0.1) is 17.8 Å². The van der Waals surface area contributed by atoms with E-state index in [0.29, 0.717) is 48.7 Å². The van der Waals surface area contributed by atoms with E-state index in [1.807, 2.05) is 25.1 Å². The SMILES string of the molecule is C[C@@H]1[C@@H](C)C/C=C\[C@H](OCCCl)[C@@H]2CC[C@H]2CN2C[C@@]3(CCCc4cc(Cl)ccc43)COc3ccc(cc32)C(=O)NS1(=O)=O. The molecule has 7 nitrogen and oxygen atoms in total. The zero-order valence-electron chi connectivity index (χ0n) is 25.4. The topological polar surface area (TPSA) is 84.9 Å². The van der Waals surface area contributed by atoms with Crippen LogP contribution in [-0.2, 0) is 26.6 Å². The van der Waals surface area contributed by atoms with Crippen molar-refractivity contribution >= 4 is 44.8 Å². The molecule has 2 aliphatic carbocycles. The van der Waals surface area contributed by atoms with Gasteiger partial charge in [0.2, 0.25) is 10.0 Å². The minimum absolute atomic E-state index is 0.0974. The first-order chi connectivity index (χ1) is 21.1. The monoisotopic (exact) mass is 660 g/mol. The first-order valence-corrected chi connectivity index (χ1v) is 18.3. The lowest BCUT2D eigenvalue weighted by Gasteiger charge is -2.46. The number of aryl methyl sites for hydroxylation is 1. The molecule has 4 aliphatic rings. The number of rotatable bonds is 3. The van der Waals surface area contributed by atoms with E-state index in [2.05, 4.69) is 27.8 Å². The molecule has 2 aromatic rings.